The van der Waals surface area contributed by atoms with E-state index < -0.39 is 20.0 Å². The number of ether oxygens (including phenoxy) is 1. The predicted molar refractivity (Wildman–Crippen MR) is 326 cm³/mol. The van der Waals surface area contributed by atoms with Gasteiger partial charge in [0.25, 0.3) is 7.82 Å². The van der Waals surface area contributed by atoms with Gasteiger partial charge in [-0.1, -0.05) is 289 Å². The molecular formula is C66H129N2O7P. The summed E-state index contributed by atoms with van der Waals surface area (Å²) in [6.45, 7) is 6.90. The van der Waals surface area contributed by atoms with Gasteiger partial charge in [0.15, 0.2) is 0 Å². The van der Waals surface area contributed by atoms with E-state index in [0.29, 0.717) is 17.4 Å². The summed E-state index contributed by atoms with van der Waals surface area (Å²) >= 11 is 0. The second-order valence-electron chi connectivity index (χ2n) is 24.0. The van der Waals surface area contributed by atoms with Crippen LogP contribution in [0.2, 0.25) is 0 Å². The number of nitrogens with zero attached hydrogens (tertiary/aromatic N) is 1. The summed E-state index contributed by atoms with van der Waals surface area (Å²) < 4.78 is 30.4. The lowest BCUT2D eigenvalue weighted by molar-refractivity contribution is -0.870. The van der Waals surface area contributed by atoms with Crippen molar-refractivity contribution in [3.05, 3.63) is 24.3 Å². The van der Waals surface area contributed by atoms with Gasteiger partial charge in [-0.15, -0.1) is 0 Å². The maximum Gasteiger partial charge on any atom is 0.306 e. The number of hydrogen-bond acceptors (Lipinski definition) is 7. The second-order valence-corrected chi connectivity index (χ2v) is 25.4. The highest BCUT2D eigenvalue weighted by molar-refractivity contribution is 7.45. The number of carbonyl (C=O) groups excluding carboxylic acids is 2. The molecule has 0 rings (SSSR count). The molecule has 3 unspecified atom stereocenters. The molecule has 1 N–H and O–H groups in total. The van der Waals surface area contributed by atoms with Gasteiger partial charge in [-0.25, -0.2) is 0 Å². The van der Waals surface area contributed by atoms with Crippen molar-refractivity contribution in [3.63, 3.8) is 0 Å². The van der Waals surface area contributed by atoms with Crippen LogP contribution in [-0.4, -0.2) is 69.4 Å². The highest BCUT2D eigenvalue weighted by Gasteiger charge is 2.27. The van der Waals surface area contributed by atoms with Crippen LogP contribution in [0.25, 0.3) is 0 Å². The number of phosphoric acid groups is 1. The van der Waals surface area contributed by atoms with E-state index in [9.17, 15) is 19.0 Å². The topological polar surface area (TPSA) is 114 Å². The Hall–Kier alpha value is -1.51. The van der Waals surface area contributed by atoms with Gasteiger partial charge in [0, 0.05) is 12.8 Å². The minimum atomic E-state index is -4.69. The van der Waals surface area contributed by atoms with Gasteiger partial charge in [-0.2, -0.15) is 0 Å². The monoisotopic (exact) mass is 1090 g/mol. The Morgan fingerprint density at radius 3 is 1.12 bits per heavy atom. The fraction of sp³-hybridized carbons (Fsp3) is 0.909. The maximum atomic E-state index is 13.5. The number of nitrogens with one attached hydrogen (secondary N) is 1. The van der Waals surface area contributed by atoms with E-state index in [1.165, 1.54) is 244 Å². The third-order valence-corrected chi connectivity index (χ3v) is 16.1. The van der Waals surface area contributed by atoms with Gasteiger partial charge in [0.1, 0.15) is 19.3 Å². The number of unbranched alkanes of at least 4 members (excludes halogenated alkanes) is 43. The molecule has 0 fully saturated rings. The molecule has 9 nitrogen and oxygen atoms in total. The molecule has 10 heteroatoms. The molecule has 1 amide bonds. The molecule has 3 atom stereocenters. The molecule has 0 bridgehead atoms. The first-order chi connectivity index (χ1) is 36.9. The smallest absolute Gasteiger partial charge is 0.306 e. The van der Waals surface area contributed by atoms with Crippen molar-refractivity contribution in [3.8, 4) is 0 Å². The number of allylic oxidation sites excluding steroid dienone is 3. The number of likely N-dealkylation sites (N-methyl/N-ethyl adjacent to an activating group) is 1. The average molecular weight is 1090 g/mol. The summed E-state index contributed by atoms with van der Waals surface area (Å²) in [5.74, 6) is -0.522. The molecular weight excluding hydrogens is 964 g/mol. The van der Waals surface area contributed by atoms with E-state index in [0.717, 1.165) is 57.8 Å². The molecule has 0 spiro atoms. The molecule has 0 aromatic rings. The van der Waals surface area contributed by atoms with Gasteiger partial charge in [-0.3, -0.25) is 14.2 Å². The molecule has 0 saturated carbocycles. The summed E-state index contributed by atoms with van der Waals surface area (Å²) in [7, 11) is 1.20. The Balaban J connectivity index is 5.17. The van der Waals surface area contributed by atoms with Crippen LogP contribution in [0.3, 0.4) is 0 Å². The van der Waals surface area contributed by atoms with Crippen molar-refractivity contribution in [2.45, 2.75) is 348 Å². The van der Waals surface area contributed by atoms with Crippen molar-refractivity contribution in [2.75, 3.05) is 40.9 Å². The Bertz CT molecular complexity index is 1350. The molecule has 0 aromatic heterocycles. The molecule has 0 aliphatic rings. The zero-order valence-corrected chi connectivity index (χ0v) is 52.4. The minimum Gasteiger partial charge on any atom is -0.756 e. The third-order valence-electron chi connectivity index (χ3n) is 15.1. The standard InChI is InChI=1S/C66H129N2O7P/c1-7-10-13-16-19-22-25-28-30-32-33-34-35-36-38-41-44-47-50-53-56-59-66(70)75-64(57-54-51-48-45-42-39-27-24-21-18-15-12-9-3)63(62-74-76(71,72)73-61-60-68(4,5)6)67-65(69)58-55-52-49-46-43-40-37-31-29-26-23-20-17-14-11-8-2/h28,30,54,57,63-64H,7-27,29,31-53,55-56,58-62H2,1-6H3,(H-,67,69,71,72)/b30-28+,57-54+. The molecule has 0 aliphatic carbocycles. The van der Waals surface area contributed by atoms with Crippen LogP contribution in [0.4, 0.5) is 0 Å². The molecule has 0 aliphatic heterocycles. The Labute approximate surface area is 473 Å². The van der Waals surface area contributed by atoms with Crippen LogP contribution in [0.1, 0.15) is 335 Å². The van der Waals surface area contributed by atoms with E-state index in [2.05, 4.69) is 38.2 Å². The molecule has 0 radical (unpaired) electrons. The first kappa shape index (κ1) is 74.5. The van der Waals surface area contributed by atoms with E-state index >= 15 is 0 Å². The Morgan fingerprint density at radius 2 is 0.763 bits per heavy atom. The van der Waals surface area contributed by atoms with Gasteiger partial charge in [0.05, 0.1) is 33.8 Å². The van der Waals surface area contributed by atoms with E-state index in [1.807, 2.05) is 33.3 Å². The van der Waals surface area contributed by atoms with Gasteiger partial charge < -0.3 is 28.5 Å². The lowest BCUT2D eigenvalue weighted by Gasteiger charge is -2.30. The van der Waals surface area contributed by atoms with Crippen molar-refractivity contribution < 1.29 is 37.3 Å². The van der Waals surface area contributed by atoms with Gasteiger partial charge in [-0.05, 0) is 57.4 Å². The SMILES string of the molecule is CCCCCCCC/C=C/CCCCCCCCCCCCCC(=O)OC(/C=C/CCCCCCCCCCCCC)C(COP(=O)([O-])OCC[N+](C)(C)C)NC(=O)CCCCCCCCCCCCCCCCCC. The number of esters is 1. The largest absolute Gasteiger partial charge is 0.756 e. The third kappa shape index (κ3) is 57.2. The minimum absolute atomic E-state index is 0.0183. The normalized spacial score (nSPS) is 13.7. The fourth-order valence-electron chi connectivity index (χ4n) is 9.99. The number of carbonyl (C=O) groups is 2. The zero-order chi connectivity index (χ0) is 55.7. The van der Waals surface area contributed by atoms with Crippen LogP contribution in [-0.2, 0) is 27.9 Å². The summed E-state index contributed by atoms with van der Waals surface area (Å²) in [5.41, 5.74) is 0. The van der Waals surface area contributed by atoms with E-state index in [1.54, 1.807) is 0 Å². The molecule has 0 aromatic carbocycles. The highest BCUT2D eigenvalue weighted by atomic mass is 31.2. The quantitative estimate of drug-likeness (QED) is 0.0212. The van der Waals surface area contributed by atoms with Crippen LogP contribution < -0.4 is 10.2 Å². The van der Waals surface area contributed by atoms with E-state index in [4.69, 9.17) is 13.8 Å². The van der Waals surface area contributed by atoms with Crippen molar-refractivity contribution in [1.29, 1.82) is 0 Å². The Morgan fingerprint density at radius 1 is 0.447 bits per heavy atom. The zero-order valence-electron chi connectivity index (χ0n) is 51.5. The van der Waals surface area contributed by atoms with Crippen molar-refractivity contribution in [1.82, 2.24) is 5.32 Å². The maximum absolute atomic E-state index is 13.5. The lowest BCUT2D eigenvalue weighted by atomic mass is 10.0. The summed E-state index contributed by atoms with van der Waals surface area (Å²) in [4.78, 5) is 40.1. The molecule has 76 heavy (non-hydrogen) atoms. The van der Waals surface area contributed by atoms with Crippen LogP contribution in [0.15, 0.2) is 24.3 Å². The van der Waals surface area contributed by atoms with E-state index in [-0.39, 0.29) is 31.5 Å². The van der Waals surface area contributed by atoms with Crippen molar-refractivity contribution in [2.24, 2.45) is 0 Å². The van der Waals surface area contributed by atoms with Crippen LogP contribution in [0, 0.1) is 0 Å². The van der Waals surface area contributed by atoms with Crippen LogP contribution in [0.5, 0.6) is 0 Å². The summed E-state index contributed by atoms with van der Waals surface area (Å²) in [6.07, 6.45) is 67.1. The average Bonchev–Trinajstić information content (AvgIpc) is 3.38. The van der Waals surface area contributed by atoms with Crippen molar-refractivity contribution >= 4 is 19.7 Å². The number of rotatable bonds is 61. The molecule has 0 heterocycles. The lowest BCUT2D eigenvalue weighted by Crippen LogP contribution is -2.47. The number of hydrogen-bond donors (Lipinski definition) is 1. The van der Waals surface area contributed by atoms with Gasteiger partial charge in [0.2, 0.25) is 5.91 Å². The number of quaternary nitrogens is 1. The summed E-state index contributed by atoms with van der Waals surface area (Å²) in [6, 6.07) is -0.882. The first-order valence-electron chi connectivity index (χ1n) is 33.1. The highest BCUT2D eigenvalue weighted by Crippen LogP contribution is 2.38. The molecule has 0 saturated heterocycles. The molecule has 450 valence electrons. The Kier molecular flexibility index (Phi) is 55.6. The predicted octanol–water partition coefficient (Wildman–Crippen LogP) is 19.9. The number of amides is 1. The second kappa shape index (κ2) is 56.8. The van der Waals surface area contributed by atoms with Crippen LogP contribution >= 0.6 is 7.82 Å². The fourth-order valence-corrected chi connectivity index (χ4v) is 10.7. The first-order valence-corrected chi connectivity index (χ1v) is 34.6. The van der Waals surface area contributed by atoms with Gasteiger partial charge >= 0.3 is 5.97 Å². The summed E-state index contributed by atoms with van der Waals surface area (Å²) in [5, 5.41) is 3.04. The number of phosphoric ester groups is 1.